The molecule has 0 aromatic rings. The maximum Gasteiger partial charge on any atom is 0.303 e. The topological polar surface area (TPSA) is 90.2 Å². The van der Waals surface area contributed by atoms with E-state index in [1.165, 1.54) is 11.8 Å². The zero-order valence-corrected chi connectivity index (χ0v) is 9.18. The lowest BCUT2D eigenvalue weighted by Crippen LogP contribution is -2.26. The summed E-state index contributed by atoms with van der Waals surface area (Å²) in [6, 6.07) is 1.93. The Kier molecular flexibility index (Phi) is 8.58. The van der Waals surface area contributed by atoms with E-state index in [9.17, 15) is 9.59 Å². The summed E-state index contributed by atoms with van der Waals surface area (Å²) in [5.41, 5.74) is 0. The van der Waals surface area contributed by atoms with Crippen LogP contribution in [0.25, 0.3) is 0 Å². The molecule has 0 spiro atoms. The first-order chi connectivity index (χ1) is 7.16. The second kappa shape index (κ2) is 9.34. The molecule has 0 rings (SSSR count). The molecule has 0 saturated carbocycles. The van der Waals surface area contributed by atoms with Crippen molar-refractivity contribution in [3.63, 3.8) is 0 Å². The summed E-state index contributed by atoms with van der Waals surface area (Å²) in [6.07, 6.45) is 1.38. The summed E-state index contributed by atoms with van der Waals surface area (Å²) in [5.74, 6) is -0.324. The SMILES string of the molecule is N#CCSCC(=O)NCCCCC(=O)O. The second-order valence-corrected chi connectivity index (χ2v) is 3.84. The number of carboxylic acid groups (broad SMARTS) is 1. The van der Waals surface area contributed by atoms with Crippen LogP contribution in [0.4, 0.5) is 0 Å². The van der Waals surface area contributed by atoms with Crippen molar-refractivity contribution in [3.05, 3.63) is 0 Å². The number of nitrogens with one attached hydrogen (secondary N) is 1. The fourth-order valence-electron chi connectivity index (χ4n) is 0.869. The van der Waals surface area contributed by atoms with E-state index in [1.54, 1.807) is 0 Å². The van der Waals surface area contributed by atoms with E-state index in [0.29, 0.717) is 25.1 Å². The van der Waals surface area contributed by atoms with E-state index in [-0.39, 0.29) is 18.1 Å². The highest BCUT2D eigenvalue weighted by Crippen LogP contribution is 1.97. The lowest BCUT2D eigenvalue weighted by Gasteiger charge is -2.02. The van der Waals surface area contributed by atoms with Gasteiger partial charge in [-0.05, 0) is 12.8 Å². The summed E-state index contributed by atoms with van der Waals surface area (Å²) < 4.78 is 0. The Bertz CT molecular complexity index is 250. The van der Waals surface area contributed by atoms with Gasteiger partial charge in [-0.2, -0.15) is 5.26 Å². The molecular weight excluding hydrogens is 216 g/mol. The van der Waals surface area contributed by atoms with Crippen LogP contribution in [0.3, 0.4) is 0 Å². The fraction of sp³-hybridized carbons (Fsp3) is 0.667. The first-order valence-corrected chi connectivity index (χ1v) is 5.75. The summed E-state index contributed by atoms with van der Waals surface area (Å²) in [7, 11) is 0. The molecule has 0 aliphatic heterocycles. The van der Waals surface area contributed by atoms with E-state index in [1.807, 2.05) is 6.07 Å². The third-order valence-electron chi connectivity index (χ3n) is 1.54. The average Bonchev–Trinajstić information content (AvgIpc) is 2.17. The number of nitrogens with zero attached hydrogens (tertiary/aromatic N) is 1. The van der Waals surface area contributed by atoms with Gasteiger partial charge in [0.1, 0.15) is 0 Å². The molecule has 0 heterocycles. The van der Waals surface area contributed by atoms with Gasteiger partial charge < -0.3 is 10.4 Å². The number of carbonyl (C=O) groups excluding carboxylic acids is 1. The molecule has 0 aliphatic carbocycles. The number of amides is 1. The van der Waals surface area contributed by atoms with Crippen molar-refractivity contribution >= 4 is 23.6 Å². The van der Waals surface area contributed by atoms with Crippen LogP contribution in [0.15, 0.2) is 0 Å². The van der Waals surface area contributed by atoms with Gasteiger partial charge in [-0.25, -0.2) is 0 Å². The van der Waals surface area contributed by atoms with Crippen LogP contribution in [0.2, 0.25) is 0 Å². The highest BCUT2D eigenvalue weighted by Gasteiger charge is 2.00. The highest BCUT2D eigenvalue weighted by atomic mass is 32.2. The Hall–Kier alpha value is -1.22. The predicted molar refractivity (Wildman–Crippen MR) is 57.4 cm³/mol. The van der Waals surface area contributed by atoms with Gasteiger partial charge in [-0.3, -0.25) is 9.59 Å². The molecule has 15 heavy (non-hydrogen) atoms. The van der Waals surface area contributed by atoms with Gasteiger partial charge in [0, 0.05) is 13.0 Å². The zero-order chi connectivity index (χ0) is 11.5. The fourth-order valence-corrected chi connectivity index (χ4v) is 1.35. The van der Waals surface area contributed by atoms with Crippen molar-refractivity contribution < 1.29 is 14.7 Å². The number of rotatable bonds is 8. The molecule has 0 fully saturated rings. The Morgan fingerprint density at radius 1 is 1.40 bits per heavy atom. The van der Waals surface area contributed by atoms with Crippen molar-refractivity contribution in [3.8, 4) is 6.07 Å². The number of aliphatic carboxylic acids is 1. The molecule has 0 bridgehead atoms. The number of carboxylic acids is 1. The Labute approximate surface area is 92.8 Å². The smallest absolute Gasteiger partial charge is 0.303 e. The summed E-state index contributed by atoms with van der Waals surface area (Å²) in [5, 5.41) is 19.2. The minimum atomic E-state index is -0.814. The van der Waals surface area contributed by atoms with Crippen molar-refractivity contribution in [1.29, 1.82) is 5.26 Å². The van der Waals surface area contributed by atoms with Gasteiger partial charge in [-0.15, -0.1) is 11.8 Å². The number of hydrogen-bond donors (Lipinski definition) is 2. The van der Waals surface area contributed by atoms with Crippen molar-refractivity contribution in [2.45, 2.75) is 19.3 Å². The quantitative estimate of drug-likeness (QED) is 0.596. The van der Waals surface area contributed by atoms with Crippen LogP contribution in [0.5, 0.6) is 0 Å². The number of unbranched alkanes of at least 4 members (excludes halogenated alkanes) is 1. The molecule has 0 unspecified atom stereocenters. The minimum Gasteiger partial charge on any atom is -0.481 e. The maximum atomic E-state index is 11.1. The molecule has 1 amide bonds. The van der Waals surface area contributed by atoms with Crippen LogP contribution in [-0.2, 0) is 9.59 Å². The molecule has 6 heteroatoms. The van der Waals surface area contributed by atoms with E-state index in [4.69, 9.17) is 10.4 Å². The van der Waals surface area contributed by atoms with Gasteiger partial charge in [0.25, 0.3) is 0 Å². The first-order valence-electron chi connectivity index (χ1n) is 4.60. The zero-order valence-electron chi connectivity index (χ0n) is 8.36. The lowest BCUT2D eigenvalue weighted by molar-refractivity contribution is -0.137. The van der Waals surface area contributed by atoms with Crippen molar-refractivity contribution in [1.82, 2.24) is 5.32 Å². The molecule has 0 aliphatic rings. The third-order valence-corrected chi connectivity index (χ3v) is 2.34. The summed E-state index contributed by atoms with van der Waals surface area (Å²) >= 11 is 1.26. The molecule has 0 aromatic carbocycles. The molecule has 0 aromatic heterocycles. The van der Waals surface area contributed by atoms with E-state index < -0.39 is 5.97 Å². The second-order valence-electron chi connectivity index (χ2n) is 2.85. The largest absolute Gasteiger partial charge is 0.481 e. The van der Waals surface area contributed by atoms with Gasteiger partial charge in [0.15, 0.2) is 0 Å². The predicted octanol–water partition coefficient (Wildman–Crippen LogP) is 0.614. The molecular formula is C9H14N2O3S. The minimum absolute atomic E-state index is 0.106. The number of thioether (sulfide) groups is 1. The maximum absolute atomic E-state index is 11.1. The van der Waals surface area contributed by atoms with Crippen molar-refractivity contribution in [2.75, 3.05) is 18.1 Å². The molecule has 2 N–H and O–H groups in total. The number of carbonyl (C=O) groups is 2. The third kappa shape index (κ3) is 10.7. The molecule has 0 radical (unpaired) electrons. The average molecular weight is 230 g/mol. The molecule has 0 saturated heterocycles. The van der Waals surface area contributed by atoms with Crippen molar-refractivity contribution in [2.24, 2.45) is 0 Å². The molecule has 0 atom stereocenters. The number of hydrogen-bond acceptors (Lipinski definition) is 4. The number of nitriles is 1. The van der Waals surface area contributed by atoms with Crippen LogP contribution in [0.1, 0.15) is 19.3 Å². The van der Waals surface area contributed by atoms with Gasteiger partial charge >= 0.3 is 5.97 Å². The van der Waals surface area contributed by atoms with Crippen LogP contribution in [0, 0.1) is 11.3 Å². The molecule has 5 nitrogen and oxygen atoms in total. The van der Waals surface area contributed by atoms with Gasteiger partial charge in [-0.1, -0.05) is 0 Å². The first kappa shape index (κ1) is 13.8. The summed E-state index contributed by atoms with van der Waals surface area (Å²) in [6.45, 7) is 0.499. The lowest BCUT2D eigenvalue weighted by atomic mass is 10.2. The van der Waals surface area contributed by atoms with Crippen LogP contribution >= 0.6 is 11.8 Å². The Morgan fingerprint density at radius 3 is 2.73 bits per heavy atom. The van der Waals surface area contributed by atoms with Gasteiger partial charge in [0.05, 0.1) is 17.6 Å². The van der Waals surface area contributed by atoms with E-state index in [0.717, 1.165) is 0 Å². The van der Waals surface area contributed by atoms with Gasteiger partial charge in [0.2, 0.25) is 5.91 Å². The highest BCUT2D eigenvalue weighted by molar-refractivity contribution is 8.00. The molecule has 84 valence electrons. The Morgan fingerprint density at radius 2 is 2.13 bits per heavy atom. The van der Waals surface area contributed by atoms with Crippen LogP contribution in [-0.4, -0.2) is 35.0 Å². The normalized spacial score (nSPS) is 9.27. The Balaban J connectivity index is 3.24. The van der Waals surface area contributed by atoms with E-state index >= 15 is 0 Å². The van der Waals surface area contributed by atoms with Crippen LogP contribution < -0.4 is 5.32 Å². The standard InChI is InChI=1S/C9H14N2O3S/c10-4-6-15-7-8(12)11-5-2-1-3-9(13)14/h1-3,5-7H2,(H,11,12)(H,13,14). The van der Waals surface area contributed by atoms with E-state index in [2.05, 4.69) is 5.32 Å². The summed E-state index contributed by atoms with van der Waals surface area (Å²) in [4.78, 5) is 21.2. The monoisotopic (exact) mass is 230 g/mol.